The van der Waals surface area contributed by atoms with E-state index in [0.717, 1.165) is 42.0 Å². The number of aromatic nitrogens is 3. The van der Waals surface area contributed by atoms with Crippen molar-refractivity contribution in [3.63, 3.8) is 0 Å². The Balaban J connectivity index is 1.62. The molecule has 1 fully saturated rings. The smallest absolute Gasteiger partial charge is 0.253 e. The number of benzene rings is 1. The minimum Gasteiger partial charge on any atom is -0.380 e. The zero-order chi connectivity index (χ0) is 18.1. The standard InChI is InChI=1S/C20H22N4O2/c1-14-21-19-9-8-17(12-24(19)22-14)15-5-3-6-16(11-15)20(25)23-10-4-7-18(13-23)26-2/h3,5-6,8-9,11-12,18H,4,7,10,13H2,1-2H3/t18-/m1/s1. The molecule has 4 rings (SSSR count). The first kappa shape index (κ1) is 16.7. The number of rotatable bonds is 3. The average molecular weight is 350 g/mol. The van der Waals surface area contributed by atoms with Crippen molar-refractivity contribution in [3.05, 3.63) is 54.0 Å². The fraction of sp³-hybridized carbons (Fsp3) is 0.350. The van der Waals surface area contributed by atoms with Crippen molar-refractivity contribution >= 4 is 11.6 Å². The van der Waals surface area contributed by atoms with E-state index in [0.29, 0.717) is 12.1 Å². The van der Waals surface area contributed by atoms with Gasteiger partial charge in [-0.1, -0.05) is 12.1 Å². The van der Waals surface area contributed by atoms with E-state index >= 15 is 0 Å². The maximum absolute atomic E-state index is 12.9. The van der Waals surface area contributed by atoms with Crippen molar-refractivity contribution in [1.82, 2.24) is 19.5 Å². The number of fused-ring (bicyclic) bond motifs is 1. The van der Waals surface area contributed by atoms with E-state index in [2.05, 4.69) is 10.1 Å². The van der Waals surface area contributed by atoms with Gasteiger partial charge in [-0.3, -0.25) is 4.79 Å². The van der Waals surface area contributed by atoms with E-state index in [1.54, 1.807) is 11.6 Å². The number of carbonyl (C=O) groups is 1. The third kappa shape index (κ3) is 3.20. The molecule has 1 saturated heterocycles. The molecule has 2 aromatic heterocycles. The quantitative estimate of drug-likeness (QED) is 0.729. The fourth-order valence-electron chi connectivity index (χ4n) is 3.49. The largest absolute Gasteiger partial charge is 0.380 e. The molecule has 0 N–H and O–H groups in total. The summed E-state index contributed by atoms with van der Waals surface area (Å²) in [6, 6.07) is 11.7. The van der Waals surface area contributed by atoms with Crippen LogP contribution in [0.1, 0.15) is 29.0 Å². The van der Waals surface area contributed by atoms with Crippen molar-refractivity contribution in [3.8, 4) is 11.1 Å². The third-order valence-electron chi connectivity index (χ3n) is 4.88. The van der Waals surface area contributed by atoms with Crippen molar-refractivity contribution in [2.45, 2.75) is 25.9 Å². The Morgan fingerprint density at radius 2 is 2.12 bits per heavy atom. The number of amides is 1. The Hall–Kier alpha value is -2.73. The first-order chi connectivity index (χ1) is 12.6. The Morgan fingerprint density at radius 3 is 2.96 bits per heavy atom. The lowest BCUT2D eigenvalue weighted by molar-refractivity contribution is 0.0269. The van der Waals surface area contributed by atoms with Gasteiger partial charge in [0.1, 0.15) is 5.82 Å². The zero-order valence-electron chi connectivity index (χ0n) is 15.1. The van der Waals surface area contributed by atoms with E-state index in [1.165, 1.54) is 0 Å². The Labute approximate surface area is 152 Å². The first-order valence-electron chi connectivity index (χ1n) is 8.89. The molecule has 6 heteroatoms. The molecule has 1 aromatic carbocycles. The number of aryl methyl sites for hydroxylation is 1. The van der Waals surface area contributed by atoms with Gasteiger partial charge in [0.25, 0.3) is 5.91 Å². The van der Waals surface area contributed by atoms with Gasteiger partial charge in [-0.25, -0.2) is 9.50 Å². The molecular weight excluding hydrogens is 328 g/mol. The maximum atomic E-state index is 12.9. The average Bonchev–Trinajstić information content (AvgIpc) is 3.06. The molecule has 1 aliphatic rings. The van der Waals surface area contributed by atoms with Gasteiger partial charge in [0.05, 0.1) is 6.10 Å². The fourth-order valence-corrected chi connectivity index (χ4v) is 3.49. The van der Waals surface area contributed by atoms with E-state index in [4.69, 9.17) is 4.74 Å². The van der Waals surface area contributed by atoms with Crippen LogP contribution in [0.15, 0.2) is 42.6 Å². The number of hydrogen-bond donors (Lipinski definition) is 0. The van der Waals surface area contributed by atoms with Gasteiger partial charge in [0.15, 0.2) is 5.65 Å². The highest BCUT2D eigenvalue weighted by Crippen LogP contribution is 2.23. The topological polar surface area (TPSA) is 59.7 Å². The van der Waals surface area contributed by atoms with Crippen LogP contribution < -0.4 is 0 Å². The van der Waals surface area contributed by atoms with Crippen LogP contribution in [0.4, 0.5) is 0 Å². The summed E-state index contributed by atoms with van der Waals surface area (Å²) in [5, 5.41) is 4.36. The Morgan fingerprint density at radius 1 is 1.23 bits per heavy atom. The summed E-state index contributed by atoms with van der Waals surface area (Å²) in [6.07, 6.45) is 4.07. The molecule has 1 amide bonds. The van der Waals surface area contributed by atoms with Crippen LogP contribution >= 0.6 is 0 Å². The van der Waals surface area contributed by atoms with Crippen LogP contribution in [-0.2, 0) is 4.74 Å². The van der Waals surface area contributed by atoms with Crippen LogP contribution in [0.3, 0.4) is 0 Å². The number of nitrogens with zero attached hydrogens (tertiary/aromatic N) is 4. The number of carbonyl (C=O) groups excluding carboxylic acids is 1. The lowest BCUT2D eigenvalue weighted by Gasteiger charge is -2.32. The lowest BCUT2D eigenvalue weighted by Crippen LogP contribution is -2.42. The maximum Gasteiger partial charge on any atom is 0.253 e. The van der Waals surface area contributed by atoms with Gasteiger partial charge in [0.2, 0.25) is 0 Å². The summed E-state index contributed by atoms with van der Waals surface area (Å²) in [7, 11) is 1.71. The van der Waals surface area contributed by atoms with Crippen molar-refractivity contribution in [2.24, 2.45) is 0 Å². The molecule has 0 saturated carbocycles. The van der Waals surface area contributed by atoms with Gasteiger partial charge in [0, 0.05) is 37.5 Å². The minimum atomic E-state index is 0.0614. The highest BCUT2D eigenvalue weighted by atomic mass is 16.5. The Bertz CT molecular complexity index is 950. The second-order valence-electron chi connectivity index (χ2n) is 6.71. The van der Waals surface area contributed by atoms with E-state index < -0.39 is 0 Å². The predicted octanol–water partition coefficient (Wildman–Crippen LogP) is 2.96. The molecule has 0 bridgehead atoms. The third-order valence-corrected chi connectivity index (χ3v) is 4.88. The van der Waals surface area contributed by atoms with Crippen LogP contribution in [0.25, 0.3) is 16.8 Å². The predicted molar refractivity (Wildman–Crippen MR) is 99.1 cm³/mol. The summed E-state index contributed by atoms with van der Waals surface area (Å²) >= 11 is 0. The van der Waals surface area contributed by atoms with E-state index in [-0.39, 0.29) is 12.0 Å². The lowest BCUT2D eigenvalue weighted by atomic mass is 10.0. The van der Waals surface area contributed by atoms with Gasteiger partial charge < -0.3 is 9.64 Å². The number of ether oxygens (including phenoxy) is 1. The van der Waals surface area contributed by atoms with Gasteiger partial charge >= 0.3 is 0 Å². The van der Waals surface area contributed by atoms with Crippen molar-refractivity contribution in [1.29, 1.82) is 0 Å². The molecule has 26 heavy (non-hydrogen) atoms. The van der Waals surface area contributed by atoms with Gasteiger partial charge in [-0.2, -0.15) is 5.10 Å². The summed E-state index contributed by atoms with van der Waals surface area (Å²) < 4.78 is 7.20. The van der Waals surface area contributed by atoms with Crippen molar-refractivity contribution in [2.75, 3.05) is 20.2 Å². The van der Waals surface area contributed by atoms with Crippen LogP contribution in [0.5, 0.6) is 0 Å². The first-order valence-corrected chi connectivity index (χ1v) is 8.89. The zero-order valence-corrected chi connectivity index (χ0v) is 15.1. The normalized spacial score (nSPS) is 17.6. The molecule has 0 unspecified atom stereocenters. The molecular formula is C20H22N4O2. The molecule has 134 valence electrons. The summed E-state index contributed by atoms with van der Waals surface area (Å²) in [5.74, 6) is 0.801. The van der Waals surface area contributed by atoms with Crippen molar-refractivity contribution < 1.29 is 9.53 Å². The molecule has 3 heterocycles. The number of piperidine rings is 1. The molecule has 6 nitrogen and oxygen atoms in total. The summed E-state index contributed by atoms with van der Waals surface area (Å²) in [5.41, 5.74) is 3.52. The van der Waals surface area contributed by atoms with Crippen LogP contribution in [-0.4, -0.2) is 51.7 Å². The molecule has 3 aromatic rings. The summed E-state index contributed by atoms with van der Waals surface area (Å²) in [4.78, 5) is 19.1. The molecule has 1 atom stereocenters. The number of pyridine rings is 1. The van der Waals surface area contributed by atoms with Crippen LogP contribution in [0.2, 0.25) is 0 Å². The van der Waals surface area contributed by atoms with E-state index in [1.807, 2.05) is 54.4 Å². The minimum absolute atomic E-state index is 0.0614. The SMILES string of the molecule is CO[C@@H]1CCCN(C(=O)c2cccc(-c3ccc4nc(C)nn4c3)c2)C1. The van der Waals surface area contributed by atoms with Gasteiger partial charge in [-0.05, 0) is 49.6 Å². The molecule has 0 aliphatic carbocycles. The monoisotopic (exact) mass is 350 g/mol. The molecule has 0 radical (unpaired) electrons. The van der Waals surface area contributed by atoms with E-state index in [9.17, 15) is 4.79 Å². The number of likely N-dealkylation sites (tertiary alicyclic amines) is 1. The molecule has 0 spiro atoms. The number of methoxy groups -OCH3 is 1. The summed E-state index contributed by atoms with van der Waals surface area (Å²) in [6.45, 7) is 3.31. The molecule has 1 aliphatic heterocycles. The second-order valence-corrected chi connectivity index (χ2v) is 6.71. The second kappa shape index (κ2) is 6.88. The Kier molecular flexibility index (Phi) is 4.42. The van der Waals surface area contributed by atoms with Crippen LogP contribution in [0, 0.1) is 6.92 Å². The highest BCUT2D eigenvalue weighted by Gasteiger charge is 2.24. The highest BCUT2D eigenvalue weighted by molar-refractivity contribution is 5.95. The number of hydrogen-bond acceptors (Lipinski definition) is 4. The van der Waals surface area contributed by atoms with Gasteiger partial charge in [-0.15, -0.1) is 0 Å².